The van der Waals surface area contributed by atoms with E-state index in [0.717, 1.165) is 24.8 Å². The quantitative estimate of drug-likeness (QED) is 0.593. The molecule has 1 aromatic heterocycles. The number of nitro groups is 1. The Labute approximate surface area is 168 Å². The van der Waals surface area contributed by atoms with Crippen LogP contribution in [0.2, 0.25) is 0 Å². The van der Waals surface area contributed by atoms with Gasteiger partial charge >= 0.3 is 6.03 Å². The van der Waals surface area contributed by atoms with Crippen LogP contribution in [0.1, 0.15) is 30.4 Å². The predicted octanol–water partition coefficient (Wildman–Crippen LogP) is 3.00. The minimum absolute atomic E-state index is 0.109. The van der Waals surface area contributed by atoms with Crippen LogP contribution in [0.3, 0.4) is 0 Å². The van der Waals surface area contributed by atoms with Crippen molar-refractivity contribution in [3.05, 3.63) is 64.0 Å². The van der Waals surface area contributed by atoms with Gasteiger partial charge in [0.15, 0.2) is 5.56 Å². The van der Waals surface area contributed by atoms with Crippen molar-refractivity contribution < 1.29 is 14.5 Å². The topological polar surface area (TPSA) is 121 Å². The maximum Gasteiger partial charge on any atom is 0.318 e. The summed E-state index contributed by atoms with van der Waals surface area (Å²) >= 11 is 0. The maximum atomic E-state index is 12.7. The fourth-order valence-electron chi connectivity index (χ4n) is 3.31. The Bertz CT molecular complexity index is 913. The van der Waals surface area contributed by atoms with E-state index in [1.807, 2.05) is 18.2 Å². The number of nitrogens with one attached hydrogen (secondary N) is 1. The van der Waals surface area contributed by atoms with Crippen molar-refractivity contribution in [3.8, 4) is 11.8 Å². The molecule has 1 saturated heterocycles. The van der Waals surface area contributed by atoms with E-state index in [0.29, 0.717) is 13.1 Å². The lowest BCUT2D eigenvalue weighted by Gasteiger charge is -2.35. The highest BCUT2D eigenvalue weighted by Gasteiger charge is 2.28. The molecule has 2 aromatic rings. The number of nitrogens with zero attached hydrogens (tertiary/aromatic N) is 4. The van der Waals surface area contributed by atoms with Crippen LogP contribution in [0, 0.1) is 21.4 Å². The molecule has 0 aliphatic carbocycles. The summed E-state index contributed by atoms with van der Waals surface area (Å²) in [6.07, 6.45) is 5.97. The molecule has 3 rings (SSSR count). The van der Waals surface area contributed by atoms with Gasteiger partial charge in [-0.2, -0.15) is 5.26 Å². The van der Waals surface area contributed by atoms with E-state index in [1.165, 1.54) is 18.2 Å². The third-order valence-corrected chi connectivity index (χ3v) is 4.83. The van der Waals surface area contributed by atoms with Crippen LogP contribution in [0.15, 0.2) is 42.7 Å². The molecule has 2 amide bonds. The number of carbonyl (C=O) groups is 1. The smallest absolute Gasteiger partial charge is 0.318 e. The Morgan fingerprint density at radius 1 is 1.34 bits per heavy atom. The highest BCUT2D eigenvalue weighted by molar-refractivity contribution is 5.74. The standard InChI is InChI=1S/C20H21N5O4/c21-12-17-18(25(27)28)5-3-6-19(17)29-14-16-4-1-2-11-24(16)20(26)23-13-15-7-9-22-10-8-15/h3,5-10,16H,1-2,4,11,13-14H2,(H,23,26)/t16-/m1/s1. The van der Waals surface area contributed by atoms with Gasteiger partial charge in [-0.1, -0.05) is 6.07 Å². The van der Waals surface area contributed by atoms with Gasteiger partial charge in [-0.25, -0.2) is 4.79 Å². The monoisotopic (exact) mass is 395 g/mol. The first kappa shape index (κ1) is 20.1. The van der Waals surface area contributed by atoms with Gasteiger partial charge in [-0.3, -0.25) is 15.1 Å². The van der Waals surface area contributed by atoms with E-state index in [4.69, 9.17) is 4.74 Å². The molecule has 9 heteroatoms. The summed E-state index contributed by atoms with van der Waals surface area (Å²) in [4.78, 5) is 28.8. The van der Waals surface area contributed by atoms with E-state index in [-0.39, 0.29) is 35.7 Å². The lowest BCUT2D eigenvalue weighted by molar-refractivity contribution is -0.385. The Morgan fingerprint density at radius 2 is 2.14 bits per heavy atom. The summed E-state index contributed by atoms with van der Waals surface area (Å²) in [6.45, 7) is 1.17. The van der Waals surface area contributed by atoms with Gasteiger partial charge in [-0.15, -0.1) is 0 Å². The van der Waals surface area contributed by atoms with Gasteiger partial charge < -0.3 is 15.0 Å². The lowest BCUT2D eigenvalue weighted by Crippen LogP contribution is -2.50. The number of aromatic nitrogens is 1. The number of nitriles is 1. The van der Waals surface area contributed by atoms with Crippen LogP contribution in [0.25, 0.3) is 0 Å². The zero-order valence-corrected chi connectivity index (χ0v) is 15.8. The summed E-state index contributed by atoms with van der Waals surface area (Å²) < 4.78 is 5.74. The third-order valence-electron chi connectivity index (χ3n) is 4.83. The van der Waals surface area contributed by atoms with Crippen molar-refractivity contribution in [3.63, 3.8) is 0 Å². The molecule has 29 heavy (non-hydrogen) atoms. The number of piperidine rings is 1. The highest BCUT2D eigenvalue weighted by atomic mass is 16.6. The van der Waals surface area contributed by atoms with Crippen LogP contribution in [0.4, 0.5) is 10.5 Å². The van der Waals surface area contributed by atoms with Gasteiger partial charge in [0.05, 0.1) is 11.0 Å². The van der Waals surface area contributed by atoms with Crippen molar-refractivity contribution in [1.29, 1.82) is 5.26 Å². The van der Waals surface area contributed by atoms with Crippen molar-refractivity contribution in [2.75, 3.05) is 13.2 Å². The molecule has 1 atom stereocenters. The van der Waals surface area contributed by atoms with Gasteiger partial charge in [0.2, 0.25) is 0 Å². The molecule has 1 fully saturated rings. The minimum atomic E-state index is -0.606. The van der Waals surface area contributed by atoms with Gasteiger partial charge in [0.1, 0.15) is 18.4 Å². The normalized spacial score (nSPS) is 16.0. The van der Waals surface area contributed by atoms with E-state index >= 15 is 0 Å². The van der Waals surface area contributed by atoms with Crippen molar-refractivity contribution in [2.45, 2.75) is 31.8 Å². The minimum Gasteiger partial charge on any atom is -0.490 e. The number of benzene rings is 1. The molecule has 9 nitrogen and oxygen atoms in total. The molecule has 150 valence electrons. The number of urea groups is 1. The molecular weight excluding hydrogens is 374 g/mol. The molecule has 2 heterocycles. The lowest BCUT2D eigenvalue weighted by atomic mass is 10.0. The molecule has 1 aromatic carbocycles. The second-order valence-corrected chi connectivity index (χ2v) is 6.69. The number of nitro benzene ring substituents is 1. The number of ether oxygens (including phenoxy) is 1. The molecule has 0 saturated carbocycles. The van der Waals surface area contributed by atoms with E-state index in [9.17, 15) is 20.2 Å². The first-order chi connectivity index (χ1) is 14.1. The summed E-state index contributed by atoms with van der Waals surface area (Å²) in [7, 11) is 0. The zero-order chi connectivity index (χ0) is 20.6. The number of rotatable bonds is 6. The predicted molar refractivity (Wildman–Crippen MR) is 104 cm³/mol. The van der Waals surface area contributed by atoms with Crippen LogP contribution < -0.4 is 10.1 Å². The summed E-state index contributed by atoms with van der Waals surface area (Å²) in [6, 6.07) is 9.43. The Kier molecular flexibility index (Phi) is 6.58. The molecule has 1 aliphatic rings. The Morgan fingerprint density at radius 3 is 2.86 bits per heavy atom. The van der Waals surface area contributed by atoms with Crippen LogP contribution in [-0.4, -0.2) is 40.0 Å². The van der Waals surface area contributed by atoms with Crippen molar-refractivity contribution in [2.24, 2.45) is 0 Å². The zero-order valence-electron chi connectivity index (χ0n) is 15.8. The second kappa shape index (κ2) is 9.50. The maximum absolute atomic E-state index is 12.7. The van der Waals surface area contributed by atoms with E-state index < -0.39 is 4.92 Å². The van der Waals surface area contributed by atoms with Crippen LogP contribution in [0.5, 0.6) is 5.75 Å². The number of likely N-dealkylation sites (tertiary alicyclic amines) is 1. The van der Waals surface area contributed by atoms with E-state index in [1.54, 1.807) is 17.3 Å². The van der Waals surface area contributed by atoms with Crippen molar-refractivity contribution in [1.82, 2.24) is 15.2 Å². The number of pyridine rings is 1. The first-order valence-corrected chi connectivity index (χ1v) is 9.34. The van der Waals surface area contributed by atoms with Gasteiger partial charge in [-0.05, 0) is 43.0 Å². The summed E-state index contributed by atoms with van der Waals surface area (Å²) in [5.74, 6) is 0.157. The second-order valence-electron chi connectivity index (χ2n) is 6.69. The van der Waals surface area contributed by atoms with Crippen LogP contribution >= 0.6 is 0 Å². The fourth-order valence-corrected chi connectivity index (χ4v) is 3.31. The Hall–Kier alpha value is -3.67. The molecular formula is C20H21N5O4. The van der Waals surface area contributed by atoms with Gasteiger partial charge in [0, 0.05) is 31.5 Å². The first-order valence-electron chi connectivity index (χ1n) is 9.34. The SMILES string of the molecule is N#Cc1c(OC[C@H]2CCCCN2C(=O)NCc2ccncc2)cccc1[N+](=O)[O-]. The molecule has 0 bridgehead atoms. The number of amides is 2. The van der Waals surface area contributed by atoms with E-state index in [2.05, 4.69) is 10.3 Å². The fraction of sp³-hybridized carbons (Fsp3) is 0.350. The van der Waals surface area contributed by atoms with Gasteiger partial charge in [0.25, 0.3) is 5.69 Å². The highest BCUT2D eigenvalue weighted by Crippen LogP contribution is 2.28. The molecule has 0 spiro atoms. The van der Waals surface area contributed by atoms with Crippen LogP contribution in [-0.2, 0) is 6.54 Å². The number of carbonyl (C=O) groups excluding carboxylic acids is 1. The number of hydrogen-bond acceptors (Lipinski definition) is 6. The Balaban J connectivity index is 1.65. The summed E-state index contributed by atoms with van der Waals surface area (Å²) in [5, 5.41) is 23.3. The third kappa shape index (κ3) is 4.99. The molecule has 0 radical (unpaired) electrons. The molecule has 1 N–H and O–H groups in total. The van der Waals surface area contributed by atoms with Crippen molar-refractivity contribution >= 4 is 11.7 Å². The average molecular weight is 395 g/mol. The molecule has 0 unspecified atom stereocenters. The molecule has 1 aliphatic heterocycles. The summed E-state index contributed by atoms with van der Waals surface area (Å²) in [5.41, 5.74) is 0.552. The largest absolute Gasteiger partial charge is 0.490 e. The number of hydrogen-bond donors (Lipinski definition) is 1. The average Bonchev–Trinajstić information content (AvgIpc) is 2.76.